The van der Waals surface area contributed by atoms with Gasteiger partial charge in [-0.25, -0.2) is 0 Å². The maximum absolute atomic E-state index is 12.8. The van der Waals surface area contributed by atoms with Crippen molar-refractivity contribution in [2.24, 2.45) is 0 Å². The molecule has 0 radical (unpaired) electrons. The standard InChI is InChI=1S/C69H114O6/c1-4-7-10-13-15-17-19-21-23-25-26-27-28-29-30-31-32-33-34-35-36-37-38-39-40-41-42-44-45-47-49-51-53-56-59-62-68(71)74-65-66(64-73-67(70)61-58-55-12-9-6-3)75-69(72)63-60-57-54-52-50-48-46-43-24-22-20-18-16-14-11-8-5-2/h7,10,15-18,21-24,26-27,29-30,32-33,35-36,38-39,66H,4-6,8-9,11-14,19-20,25,28,31,34,37,40-65H2,1-3H3/b10-7-,17-15-,18-16-,23-21-,24-22-,27-26-,30-29-,33-32-,36-35-,39-38-. The average Bonchev–Trinajstić information content (AvgIpc) is 3.41. The molecule has 0 spiro atoms. The Bertz CT molecular complexity index is 1570. The van der Waals surface area contributed by atoms with E-state index in [1.165, 1.54) is 109 Å². The summed E-state index contributed by atoms with van der Waals surface area (Å²) >= 11 is 0. The fourth-order valence-electron chi connectivity index (χ4n) is 8.31. The van der Waals surface area contributed by atoms with Gasteiger partial charge in [0.1, 0.15) is 13.2 Å². The van der Waals surface area contributed by atoms with E-state index in [2.05, 4.69) is 142 Å². The molecule has 0 saturated heterocycles. The lowest BCUT2D eigenvalue weighted by molar-refractivity contribution is -0.167. The van der Waals surface area contributed by atoms with E-state index in [0.717, 1.165) is 128 Å². The minimum Gasteiger partial charge on any atom is -0.462 e. The predicted molar refractivity (Wildman–Crippen MR) is 325 cm³/mol. The quantitative estimate of drug-likeness (QED) is 0.0261. The van der Waals surface area contributed by atoms with Gasteiger partial charge in [0, 0.05) is 19.3 Å². The number of rotatable bonds is 55. The Kier molecular flexibility index (Phi) is 58.9. The largest absolute Gasteiger partial charge is 0.462 e. The number of carbonyl (C=O) groups excluding carboxylic acids is 3. The first-order valence-corrected chi connectivity index (χ1v) is 31.0. The van der Waals surface area contributed by atoms with Crippen LogP contribution < -0.4 is 0 Å². The summed E-state index contributed by atoms with van der Waals surface area (Å²) in [7, 11) is 0. The van der Waals surface area contributed by atoms with Gasteiger partial charge in [-0.15, -0.1) is 0 Å². The highest BCUT2D eigenvalue weighted by atomic mass is 16.6. The summed E-state index contributed by atoms with van der Waals surface area (Å²) in [4.78, 5) is 37.8. The van der Waals surface area contributed by atoms with Crippen molar-refractivity contribution in [3.05, 3.63) is 122 Å². The van der Waals surface area contributed by atoms with Crippen molar-refractivity contribution in [2.45, 2.75) is 284 Å². The molecule has 1 atom stereocenters. The van der Waals surface area contributed by atoms with Crippen molar-refractivity contribution in [2.75, 3.05) is 13.2 Å². The molecule has 6 heteroatoms. The number of carbonyl (C=O) groups is 3. The van der Waals surface area contributed by atoms with Crippen LogP contribution in [0, 0.1) is 0 Å². The number of esters is 3. The molecule has 0 aliphatic rings. The maximum atomic E-state index is 12.8. The van der Waals surface area contributed by atoms with Gasteiger partial charge in [0.25, 0.3) is 0 Å². The zero-order chi connectivity index (χ0) is 54.3. The molecule has 0 N–H and O–H groups in total. The van der Waals surface area contributed by atoms with Crippen molar-refractivity contribution in [1.29, 1.82) is 0 Å². The molecule has 0 bridgehead atoms. The van der Waals surface area contributed by atoms with E-state index >= 15 is 0 Å². The van der Waals surface area contributed by atoms with Crippen LogP contribution in [-0.4, -0.2) is 37.2 Å². The third-order valence-electron chi connectivity index (χ3n) is 13.0. The molecule has 0 heterocycles. The van der Waals surface area contributed by atoms with Crippen molar-refractivity contribution in [3.8, 4) is 0 Å². The maximum Gasteiger partial charge on any atom is 0.306 e. The molecule has 0 aromatic rings. The average molecular weight is 1040 g/mol. The van der Waals surface area contributed by atoms with E-state index in [-0.39, 0.29) is 31.1 Å². The SMILES string of the molecule is CC/C=C\C/C=C\C/C=C\C/C=C\C/C=C\C/C=C\C/C=C\C/C=C\CCCCCCCCCCCCC(=O)OCC(COC(=O)CCCCCCC)OC(=O)CCCCCCCCC/C=C\C/C=C\CCCCC. The number of allylic oxidation sites excluding steroid dienone is 20. The summed E-state index contributed by atoms with van der Waals surface area (Å²) in [6.45, 7) is 6.41. The van der Waals surface area contributed by atoms with Crippen LogP contribution in [0.1, 0.15) is 278 Å². The van der Waals surface area contributed by atoms with Gasteiger partial charge < -0.3 is 14.2 Å². The van der Waals surface area contributed by atoms with Gasteiger partial charge in [-0.1, -0.05) is 264 Å². The third kappa shape index (κ3) is 60.6. The van der Waals surface area contributed by atoms with Crippen LogP contribution in [0.2, 0.25) is 0 Å². The fraction of sp³-hybridized carbons (Fsp3) is 0.667. The summed E-state index contributed by atoms with van der Waals surface area (Å²) in [6.07, 6.45) is 86.8. The zero-order valence-corrected chi connectivity index (χ0v) is 48.8. The predicted octanol–water partition coefficient (Wildman–Crippen LogP) is 21.2. The van der Waals surface area contributed by atoms with Gasteiger partial charge >= 0.3 is 17.9 Å². The molecule has 0 amide bonds. The van der Waals surface area contributed by atoms with Crippen molar-refractivity contribution >= 4 is 17.9 Å². The summed E-state index contributed by atoms with van der Waals surface area (Å²) < 4.78 is 16.7. The Hall–Kier alpha value is -4.19. The molecule has 0 fully saturated rings. The number of hydrogen-bond donors (Lipinski definition) is 0. The molecular weight excluding hydrogens is 925 g/mol. The lowest BCUT2D eigenvalue weighted by atomic mass is 10.1. The summed E-state index contributed by atoms with van der Waals surface area (Å²) in [5.74, 6) is -0.909. The van der Waals surface area contributed by atoms with E-state index in [0.29, 0.717) is 19.3 Å². The Labute approximate surface area is 462 Å². The number of hydrogen-bond acceptors (Lipinski definition) is 6. The fourth-order valence-corrected chi connectivity index (χ4v) is 8.31. The van der Waals surface area contributed by atoms with Gasteiger partial charge in [-0.05, 0) is 116 Å². The van der Waals surface area contributed by atoms with E-state index < -0.39 is 6.10 Å². The molecule has 0 aromatic heterocycles. The summed E-state index contributed by atoms with van der Waals surface area (Å²) in [5, 5.41) is 0. The van der Waals surface area contributed by atoms with Gasteiger partial charge in [-0.3, -0.25) is 14.4 Å². The molecule has 1 unspecified atom stereocenters. The van der Waals surface area contributed by atoms with E-state index in [1.54, 1.807) is 0 Å². The van der Waals surface area contributed by atoms with Gasteiger partial charge in [-0.2, -0.15) is 0 Å². The highest BCUT2D eigenvalue weighted by Gasteiger charge is 2.19. The Morgan fingerprint density at radius 3 is 0.840 bits per heavy atom. The Morgan fingerprint density at radius 1 is 0.280 bits per heavy atom. The number of ether oxygens (including phenoxy) is 3. The van der Waals surface area contributed by atoms with Gasteiger partial charge in [0.2, 0.25) is 0 Å². The first-order valence-electron chi connectivity index (χ1n) is 31.0. The summed E-state index contributed by atoms with van der Waals surface area (Å²) in [5.41, 5.74) is 0. The zero-order valence-electron chi connectivity index (χ0n) is 48.8. The second-order valence-corrected chi connectivity index (χ2v) is 20.2. The molecule has 6 nitrogen and oxygen atoms in total. The lowest BCUT2D eigenvalue weighted by Gasteiger charge is -2.18. The first kappa shape index (κ1) is 70.8. The second-order valence-electron chi connectivity index (χ2n) is 20.2. The molecule has 0 saturated carbocycles. The minimum atomic E-state index is -0.782. The highest BCUT2D eigenvalue weighted by Crippen LogP contribution is 2.15. The molecule has 0 aliphatic carbocycles. The molecule has 426 valence electrons. The van der Waals surface area contributed by atoms with Crippen LogP contribution in [-0.2, 0) is 28.6 Å². The van der Waals surface area contributed by atoms with Crippen molar-refractivity contribution in [1.82, 2.24) is 0 Å². The Balaban J connectivity index is 4.04. The van der Waals surface area contributed by atoms with E-state index in [4.69, 9.17) is 14.2 Å². The van der Waals surface area contributed by atoms with Crippen LogP contribution in [0.25, 0.3) is 0 Å². The molecule has 0 rings (SSSR count). The normalized spacial score (nSPS) is 12.9. The van der Waals surface area contributed by atoms with Crippen molar-refractivity contribution in [3.63, 3.8) is 0 Å². The molecular formula is C69H114O6. The molecule has 0 aromatic carbocycles. The first-order chi connectivity index (χ1) is 37.0. The third-order valence-corrected chi connectivity index (χ3v) is 13.0. The minimum absolute atomic E-state index is 0.0834. The Morgan fingerprint density at radius 2 is 0.520 bits per heavy atom. The van der Waals surface area contributed by atoms with Crippen LogP contribution in [0.5, 0.6) is 0 Å². The number of unbranched alkanes of at least 4 members (excludes halogenated alkanes) is 24. The highest BCUT2D eigenvalue weighted by molar-refractivity contribution is 5.71. The monoisotopic (exact) mass is 1040 g/mol. The lowest BCUT2D eigenvalue weighted by Crippen LogP contribution is -2.30. The topological polar surface area (TPSA) is 78.9 Å². The van der Waals surface area contributed by atoms with E-state index in [1.807, 2.05) is 0 Å². The van der Waals surface area contributed by atoms with Crippen LogP contribution in [0.15, 0.2) is 122 Å². The smallest absolute Gasteiger partial charge is 0.306 e. The van der Waals surface area contributed by atoms with Crippen molar-refractivity contribution < 1.29 is 28.6 Å². The molecule has 75 heavy (non-hydrogen) atoms. The molecule has 0 aliphatic heterocycles. The summed E-state index contributed by atoms with van der Waals surface area (Å²) in [6, 6.07) is 0. The second kappa shape index (κ2) is 62.4. The van der Waals surface area contributed by atoms with Crippen LogP contribution in [0.4, 0.5) is 0 Å². The van der Waals surface area contributed by atoms with Crippen LogP contribution in [0.3, 0.4) is 0 Å². The van der Waals surface area contributed by atoms with Crippen LogP contribution >= 0.6 is 0 Å². The van der Waals surface area contributed by atoms with Gasteiger partial charge in [0.05, 0.1) is 0 Å². The van der Waals surface area contributed by atoms with Gasteiger partial charge in [0.15, 0.2) is 6.10 Å². The van der Waals surface area contributed by atoms with E-state index in [9.17, 15) is 14.4 Å².